The van der Waals surface area contributed by atoms with E-state index in [1.807, 2.05) is 0 Å². The van der Waals surface area contributed by atoms with E-state index >= 15 is 0 Å². The maximum Gasteiger partial charge on any atom is 0.329 e. The molecule has 1 saturated heterocycles. The van der Waals surface area contributed by atoms with Gasteiger partial charge in [0.25, 0.3) is 0 Å². The third kappa shape index (κ3) is 4.83. The first-order valence-corrected chi connectivity index (χ1v) is 5.38. The Bertz CT molecular complexity index is 231. The van der Waals surface area contributed by atoms with Crippen LogP contribution in [-0.2, 0) is 4.79 Å². The Morgan fingerprint density at radius 1 is 1.47 bits per heavy atom. The van der Waals surface area contributed by atoms with E-state index in [4.69, 9.17) is 5.11 Å². The number of piperidine rings is 1. The van der Waals surface area contributed by atoms with E-state index in [1.54, 1.807) is 6.20 Å². The molecule has 0 bridgehead atoms. The van der Waals surface area contributed by atoms with Gasteiger partial charge in [-0.05, 0) is 32.9 Å². The predicted molar refractivity (Wildman–Crippen MR) is 59.6 cm³/mol. The molecule has 4 heteroatoms. The lowest BCUT2D eigenvalue weighted by Gasteiger charge is -2.32. The van der Waals surface area contributed by atoms with Crippen molar-refractivity contribution >= 4 is 5.97 Å². The van der Waals surface area contributed by atoms with Crippen LogP contribution in [0.2, 0.25) is 0 Å². The van der Waals surface area contributed by atoms with Crippen molar-refractivity contribution < 1.29 is 9.90 Å². The van der Waals surface area contributed by atoms with E-state index in [0.29, 0.717) is 0 Å². The largest absolute Gasteiger partial charge is 0.478 e. The number of carboxylic acids is 1. The molecule has 4 nitrogen and oxygen atoms in total. The molecule has 1 fully saturated rings. The Hall–Kier alpha value is -1.03. The zero-order chi connectivity index (χ0) is 11.3. The van der Waals surface area contributed by atoms with Gasteiger partial charge in [0.15, 0.2) is 0 Å². The lowest BCUT2D eigenvalue weighted by molar-refractivity contribution is -0.131. The van der Waals surface area contributed by atoms with Gasteiger partial charge < -0.3 is 14.9 Å². The predicted octanol–water partition coefficient (Wildman–Crippen LogP) is 0.858. The Kier molecular flexibility index (Phi) is 4.62. The average molecular weight is 212 g/mol. The highest BCUT2D eigenvalue weighted by molar-refractivity contribution is 5.79. The molecule has 0 spiro atoms. The van der Waals surface area contributed by atoms with E-state index < -0.39 is 5.97 Å². The summed E-state index contributed by atoms with van der Waals surface area (Å²) < 4.78 is 0. The van der Waals surface area contributed by atoms with E-state index in [1.165, 1.54) is 6.08 Å². The molecule has 0 saturated carbocycles. The number of carboxylic acid groups (broad SMARTS) is 1. The molecule has 15 heavy (non-hydrogen) atoms. The highest BCUT2D eigenvalue weighted by Gasteiger charge is 2.17. The van der Waals surface area contributed by atoms with Crippen molar-refractivity contribution in [3.8, 4) is 0 Å². The number of carbonyl (C=O) groups is 1. The fraction of sp³-hybridized carbons (Fsp3) is 0.727. The molecule has 1 N–H and O–H groups in total. The van der Waals surface area contributed by atoms with Crippen LogP contribution in [0.5, 0.6) is 0 Å². The fourth-order valence-corrected chi connectivity index (χ4v) is 1.97. The SMILES string of the molecule is CN(C)CC1CCN(C=CC(=O)O)CC1. The van der Waals surface area contributed by atoms with Gasteiger partial charge in [0.1, 0.15) is 0 Å². The molecule has 0 aliphatic carbocycles. The lowest BCUT2D eigenvalue weighted by Crippen LogP contribution is -2.34. The molecule has 1 heterocycles. The number of hydrogen-bond acceptors (Lipinski definition) is 3. The van der Waals surface area contributed by atoms with Gasteiger partial charge >= 0.3 is 5.97 Å². The summed E-state index contributed by atoms with van der Waals surface area (Å²) in [5.74, 6) is -0.111. The Balaban J connectivity index is 2.26. The van der Waals surface area contributed by atoms with Gasteiger partial charge in [-0.25, -0.2) is 4.79 Å². The summed E-state index contributed by atoms with van der Waals surface area (Å²) in [6.45, 7) is 3.08. The lowest BCUT2D eigenvalue weighted by atomic mass is 9.97. The number of nitrogens with zero attached hydrogens (tertiary/aromatic N) is 2. The molecule has 86 valence electrons. The second-order valence-corrected chi connectivity index (χ2v) is 4.40. The molecule has 1 aliphatic heterocycles. The van der Waals surface area contributed by atoms with Crippen molar-refractivity contribution in [1.82, 2.24) is 9.80 Å². The molecule has 0 radical (unpaired) electrons. The monoisotopic (exact) mass is 212 g/mol. The summed E-state index contributed by atoms with van der Waals surface area (Å²) in [7, 11) is 4.19. The Morgan fingerprint density at radius 2 is 2.07 bits per heavy atom. The van der Waals surface area contributed by atoms with Crippen molar-refractivity contribution in [2.24, 2.45) is 5.92 Å². The normalized spacial score (nSPS) is 19.0. The smallest absolute Gasteiger partial charge is 0.329 e. The van der Waals surface area contributed by atoms with Gasteiger partial charge in [-0.2, -0.15) is 0 Å². The van der Waals surface area contributed by atoms with E-state index in [9.17, 15) is 4.79 Å². The fourth-order valence-electron chi connectivity index (χ4n) is 1.97. The van der Waals surface area contributed by atoms with E-state index in [0.717, 1.165) is 38.4 Å². The quantitative estimate of drug-likeness (QED) is 0.702. The Labute approximate surface area is 91.2 Å². The standard InChI is InChI=1S/C11H20N2O2/c1-12(2)9-10-3-6-13(7-4-10)8-5-11(14)15/h5,8,10H,3-4,6-7,9H2,1-2H3,(H,14,15). The second kappa shape index (κ2) is 5.75. The maximum absolute atomic E-state index is 10.3. The number of rotatable bonds is 4. The van der Waals surface area contributed by atoms with Crippen LogP contribution in [0.4, 0.5) is 0 Å². The first-order chi connectivity index (χ1) is 7.08. The van der Waals surface area contributed by atoms with Gasteiger partial charge in [-0.1, -0.05) is 0 Å². The summed E-state index contributed by atoms with van der Waals surface area (Å²) in [5, 5.41) is 8.49. The van der Waals surface area contributed by atoms with Crippen molar-refractivity contribution in [1.29, 1.82) is 0 Å². The van der Waals surface area contributed by atoms with E-state index in [-0.39, 0.29) is 0 Å². The molecular formula is C11H20N2O2. The molecule has 0 aromatic heterocycles. The number of likely N-dealkylation sites (tertiary alicyclic amines) is 1. The first kappa shape index (κ1) is 12.0. The van der Waals surface area contributed by atoms with Gasteiger partial charge in [0, 0.05) is 31.9 Å². The number of hydrogen-bond donors (Lipinski definition) is 1. The maximum atomic E-state index is 10.3. The van der Waals surface area contributed by atoms with Crippen LogP contribution in [-0.4, -0.2) is 54.6 Å². The molecule has 0 unspecified atom stereocenters. The molecule has 1 aliphatic rings. The van der Waals surface area contributed by atoms with Crippen LogP contribution in [0.1, 0.15) is 12.8 Å². The summed E-state index contributed by atoms with van der Waals surface area (Å²) in [4.78, 5) is 14.6. The molecule has 0 amide bonds. The van der Waals surface area contributed by atoms with Crippen molar-refractivity contribution in [3.05, 3.63) is 12.3 Å². The van der Waals surface area contributed by atoms with Crippen molar-refractivity contribution in [3.63, 3.8) is 0 Å². The first-order valence-electron chi connectivity index (χ1n) is 5.38. The van der Waals surface area contributed by atoms with Gasteiger partial charge in [0.05, 0.1) is 0 Å². The molecule has 0 atom stereocenters. The van der Waals surface area contributed by atoms with Crippen molar-refractivity contribution in [2.75, 3.05) is 33.7 Å². The number of aliphatic carboxylic acids is 1. The minimum atomic E-state index is -0.870. The van der Waals surface area contributed by atoms with Crippen LogP contribution in [0, 0.1) is 5.92 Å². The summed E-state index contributed by atoms with van der Waals surface area (Å²) >= 11 is 0. The topological polar surface area (TPSA) is 43.8 Å². The third-order valence-corrected chi connectivity index (χ3v) is 2.70. The van der Waals surface area contributed by atoms with Gasteiger partial charge in [-0.15, -0.1) is 0 Å². The van der Waals surface area contributed by atoms with Gasteiger partial charge in [-0.3, -0.25) is 0 Å². The molecule has 0 aromatic rings. The van der Waals surface area contributed by atoms with Crippen LogP contribution in [0.25, 0.3) is 0 Å². The summed E-state index contributed by atoms with van der Waals surface area (Å²) in [6.07, 6.45) is 5.21. The zero-order valence-corrected chi connectivity index (χ0v) is 9.52. The highest BCUT2D eigenvalue weighted by Crippen LogP contribution is 2.17. The van der Waals surface area contributed by atoms with Crippen molar-refractivity contribution in [2.45, 2.75) is 12.8 Å². The Morgan fingerprint density at radius 3 is 2.53 bits per heavy atom. The van der Waals surface area contributed by atoms with Crippen LogP contribution in [0.3, 0.4) is 0 Å². The molecule has 0 aromatic carbocycles. The summed E-state index contributed by atoms with van der Waals surface area (Å²) in [5.41, 5.74) is 0. The zero-order valence-electron chi connectivity index (χ0n) is 9.52. The van der Waals surface area contributed by atoms with Gasteiger partial charge in [0.2, 0.25) is 0 Å². The second-order valence-electron chi connectivity index (χ2n) is 4.40. The summed E-state index contributed by atoms with van der Waals surface area (Å²) in [6, 6.07) is 0. The third-order valence-electron chi connectivity index (χ3n) is 2.70. The molecular weight excluding hydrogens is 192 g/mol. The highest BCUT2D eigenvalue weighted by atomic mass is 16.4. The average Bonchev–Trinajstić information content (AvgIpc) is 2.16. The van der Waals surface area contributed by atoms with E-state index in [2.05, 4.69) is 23.9 Å². The van der Waals surface area contributed by atoms with Crippen LogP contribution >= 0.6 is 0 Å². The minimum absolute atomic E-state index is 0.759. The van der Waals surface area contributed by atoms with Crippen LogP contribution in [0.15, 0.2) is 12.3 Å². The van der Waals surface area contributed by atoms with Crippen LogP contribution < -0.4 is 0 Å². The molecule has 1 rings (SSSR count). The minimum Gasteiger partial charge on any atom is -0.478 e.